The van der Waals surface area contributed by atoms with E-state index in [9.17, 15) is 8.42 Å². The van der Waals surface area contributed by atoms with Gasteiger partial charge in [0.05, 0.1) is 18.5 Å². The molecule has 4 heterocycles. The predicted octanol–water partition coefficient (Wildman–Crippen LogP) is 0.747. The Morgan fingerprint density at radius 3 is 2.87 bits per heavy atom. The first-order chi connectivity index (χ1) is 11.1. The third-order valence-electron chi connectivity index (χ3n) is 5.12. The molecule has 7 nitrogen and oxygen atoms in total. The van der Waals surface area contributed by atoms with E-state index in [-0.39, 0.29) is 5.25 Å². The Balaban J connectivity index is 1.42. The highest BCUT2D eigenvalue weighted by molar-refractivity contribution is 7.89. The van der Waals surface area contributed by atoms with Crippen molar-refractivity contribution in [1.82, 2.24) is 14.4 Å². The SMILES string of the molecule is O=S(=O)(C1CCN(Cc2noc3c2COCC3)C1)N1CCCC1. The van der Waals surface area contributed by atoms with Gasteiger partial charge in [0.1, 0.15) is 11.5 Å². The molecule has 0 radical (unpaired) electrons. The lowest BCUT2D eigenvalue weighted by Gasteiger charge is -2.21. The van der Waals surface area contributed by atoms with Gasteiger partial charge in [0.2, 0.25) is 10.0 Å². The molecule has 0 bridgehead atoms. The first-order valence-corrected chi connectivity index (χ1v) is 9.90. The highest BCUT2D eigenvalue weighted by Crippen LogP contribution is 2.27. The lowest BCUT2D eigenvalue weighted by Crippen LogP contribution is -2.38. The Hall–Kier alpha value is -0.960. The molecule has 2 saturated heterocycles. The fourth-order valence-electron chi connectivity index (χ4n) is 3.75. The molecule has 1 aromatic heterocycles. The second kappa shape index (κ2) is 6.16. The predicted molar refractivity (Wildman–Crippen MR) is 83.3 cm³/mol. The maximum Gasteiger partial charge on any atom is 0.218 e. The lowest BCUT2D eigenvalue weighted by atomic mass is 10.1. The highest BCUT2D eigenvalue weighted by Gasteiger charge is 2.38. The van der Waals surface area contributed by atoms with Crippen LogP contribution < -0.4 is 0 Å². The first kappa shape index (κ1) is 15.6. The molecule has 0 saturated carbocycles. The van der Waals surface area contributed by atoms with E-state index >= 15 is 0 Å². The zero-order valence-electron chi connectivity index (χ0n) is 13.2. The summed E-state index contributed by atoms with van der Waals surface area (Å²) in [5, 5.41) is 3.89. The number of likely N-dealkylation sites (tertiary alicyclic amines) is 1. The van der Waals surface area contributed by atoms with Crippen molar-refractivity contribution < 1.29 is 17.7 Å². The van der Waals surface area contributed by atoms with Gasteiger partial charge in [-0.15, -0.1) is 0 Å². The molecule has 1 aromatic rings. The van der Waals surface area contributed by atoms with Gasteiger partial charge in [-0.3, -0.25) is 4.90 Å². The Labute approximate surface area is 136 Å². The Kier molecular flexibility index (Phi) is 4.17. The van der Waals surface area contributed by atoms with Crippen LogP contribution in [0.3, 0.4) is 0 Å². The van der Waals surface area contributed by atoms with Gasteiger partial charge in [0.15, 0.2) is 0 Å². The molecule has 8 heteroatoms. The minimum atomic E-state index is -3.14. The number of sulfonamides is 1. The van der Waals surface area contributed by atoms with Gasteiger partial charge < -0.3 is 9.26 Å². The van der Waals surface area contributed by atoms with Crippen LogP contribution in [0.5, 0.6) is 0 Å². The number of hydrogen-bond donors (Lipinski definition) is 0. The van der Waals surface area contributed by atoms with Crippen molar-refractivity contribution in [1.29, 1.82) is 0 Å². The maximum atomic E-state index is 12.7. The van der Waals surface area contributed by atoms with Crippen LogP contribution in [-0.2, 0) is 34.3 Å². The molecule has 0 N–H and O–H groups in total. The van der Waals surface area contributed by atoms with Gasteiger partial charge in [-0.1, -0.05) is 5.16 Å². The van der Waals surface area contributed by atoms with E-state index in [4.69, 9.17) is 9.26 Å². The van der Waals surface area contributed by atoms with Crippen LogP contribution in [0.15, 0.2) is 4.52 Å². The minimum absolute atomic E-state index is 0.278. The summed E-state index contributed by atoms with van der Waals surface area (Å²) in [6.07, 6.45) is 3.45. The maximum absolute atomic E-state index is 12.7. The second-order valence-electron chi connectivity index (χ2n) is 6.63. The average molecular weight is 341 g/mol. The topological polar surface area (TPSA) is 75.9 Å². The van der Waals surface area contributed by atoms with Crippen LogP contribution in [0.1, 0.15) is 36.3 Å². The van der Waals surface area contributed by atoms with Crippen LogP contribution in [0.4, 0.5) is 0 Å². The standard InChI is InChI=1S/C15H23N3O4S/c19-23(20,18-5-1-2-6-18)12-3-7-17(9-12)10-14-13-11-21-8-4-15(13)22-16-14/h12H,1-11H2. The molecule has 1 unspecified atom stereocenters. The van der Waals surface area contributed by atoms with Gasteiger partial charge >= 0.3 is 0 Å². The van der Waals surface area contributed by atoms with Crippen molar-refractivity contribution in [3.63, 3.8) is 0 Å². The van der Waals surface area contributed by atoms with Gasteiger partial charge in [0, 0.05) is 38.2 Å². The van der Waals surface area contributed by atoms with E-state index in [0.29, 0.717) is 45.8 Å². The highest BCUT2D eigenvalue weighted by atomic mass is 32.2. The number of aromatic nitrogens is 1. The summed E-state index contributed by atoms with van der Waals surface area (Å²) >= 11 is 0. The number of hydrogen-bond acceptors (Lipinski definition) is 6. The monoisotopic (exact) mass is 341 g/mol. The lowest BCUT2D eigenvalue weighted by molar-refractivity contribution is 0.102. The largest absolute Gasteiger partial charge is 0.376 e. The average Bonchev–Trinajstić information content (AvgIpc) is 3.29. The van der Waals surface area contributed by atoms with Crippen molar-refractivity contribution in [2.24, 2.45) is 0 Å². The van der Waals surface area contributed by atoms with E-state index < -0.39 is 10.0 Å². The molecule has 0 spiro atoms. The number of nitrogens with zero attached hydrogens (tertiary/aromatic N) is 3. The van der Waals surface area contributed by atoms with E-state index in [1.54, 1.807) is 4.31 Å². The van der Waals surface area contributed by atoms with E-state index in [1.165, 1.54) is 0 Å². The summed E-state index contributed by atoms with van der Waals surface area (Å²) < 4.78 is 37.9. The zero-order chi connectivity index (χ0) is 15.9. The van der Waals surface area contributed by atoms with Crippen molar-refractivity contribution in [3.05, 3.63) is 17.0 Å². The number of rotatable bonds is 4. The second-order valence-corrected chi connectivity index (χ2v) is 8.84. The zero-order valence-corrected chi connectivity index (χ0v) is 14.1. The van der Waals surface area contributed by atoms with E-state index in [2.05, 4.69) is 10.1 Å². The molecule has 1 atom stereocenters. The van der Waals surface area contributed by atoms with Crippen LogP contribution in [0.25, 0.3) is 0 Å². The third kappa shape index (κ3) is 2.93. The van der Waals surface area contributed by atoms with Crippen LogP contribution in [0, 0.1) is 0 Å². The Morgan fingerprint density at radius 1 is 1.22 bits per heavy atom. The Morgan fingerprint density at radius 2 is 2.04 bits per heavy atom. The van der Waals surface area contributed by atoms with E-state index in [1.807, 2.05) is 0 Å². The molecule has 0 aliphatic carbocycles. The molecule has 3 aliphatic rings. The summed E-state index contributed by atoms with van der Waals surface area (Å²) in [6.45, 7) is 4.63. The molecule has 128 valence electrons. The minimum Gasteiger partial charge on any atom is -0.376 e. The molecular formula is C15H23N3O4S. The Bertz CT molecular complexity index is 666. The van der Waals surface area contributed by atoms with Crippen LogP contribution in [0.2, 0.25) is 0 Å². The van der Waals surface area contributed by atoms with Crippen LogP contribution in [-0.4, -0.2) is 60.8 Å². The molecule has 0 amide bonds. The summed E-state index contributed by atoms with van der Waals surface area (Å²) in [4.78, 5) is 2.17. The van der Waals surface area contributed by atoms with Crippen molar-refractivity contribution >= 4 is 10.0 Å². The summed E-state index contributed by atoms with van der Waals surface area (Å²) in [5.74, 6) is 0.923. The van der Waals surface area contributed by atoms with Crippen molar-refractivity contribution in [2.45, 2.75) is 44.1 Å². The molecular weight excluding hydrogens is 318 g/mol. The fraction of sp³-hybridized carbons (Fsp3) is 0.800. The third-order valence-corrected chi connectivity index (χ3v) is 7.43. The molecule has 3 aliphatic heterocycles. The van der Waals surface area contributed by atoms with Crippen molar-refractivity contribution in [3.8, 4) is 0 Å². The van der Waals surface area contributed by atoms with Gasteiger partial charge in [0.25, 0.3) is 0 Å². The quantitative estimate of drug-likeness (QED) is 0.804. The summed E-state index contributed by atoms with van der Waals surface area (Å²) in [7, 11) is -3.14. The summed E-state index contributed by atoms with van der Waals surface area (Å²) in [5.41, 5.74) is 1.96. The van der Waals surface area contributed by atoms with E-state index in [0.717, 1.165) is 42.8 Å². The number of ether oxygens (including phenoxy) is 1. The van der Waals surface area contributed by atoms with Crippen LogP contribution >= 0.6 is 0 Å². The molecule has 2 fully saturated rings. The van der Waals surface area contributed by atoms with Gasteiger partial charge in [-0.25, -0.2) is 12.7 Å². The van der Waals surface area contributed by atoms with Crippen molar-refractivity contribution in [2.75, 3.05) is 32.8 Å². The molecule has 4 rings (SSSR count). The fourth-order valence-corrected chi connectivity index (χ4v) is 5.75. The van der Waals surface area contributed by atoms with Gasteiger partial charge in [-0.2, -0.15) is 0 Å². The molecule has 23 heavy (non-hydrogen) atoms. The summed E-state index contributed by atoms with van der Waals surface area (Å²) in [6, 6.07) is 0. The smallest absolute Gasteiger partial charge is 0.218 e. The van der Waals surface area contributed by atoms with Gasteiger partial charge in [-0.05, 0) is 25.8 Å². The molecule has 0 aromatic carbocycles. The number of fused-ring (bicyclic) bond motifs is 1. The normalized spacial score (nSPS) is 26.7. The first-order valence-electron chi connectivity index (χ1n) is 8.40.